The second kappa shape index (κ2) is 4.56. The first-order valence-electron chi connectivity index (χ1n) is 5.81. The molecule has 3 atom stereocenters. The van der Waals surface area contributed by atoms with Gasteiger partial charge in [0.2, 0.25) is 0 Å². The van der Waals surface area contributed by atoms with E-state index < -0.39 is 12.4 Å². The first-order chi connectivity index (χ1) is 8.34. The van der Waals surface area contributed by atoms with Crippen LogP contribution in [0.5, 0.6) is 0 Å². The number of benzene rings is 1. The van der Waals surface area contributed by atoms with Crippen molar-refractivity contribution in [1.82, 2.24) is 0 Å². The van der Waals surface area contributed by atoms with Crippen LogP contribution in [0.25, 0.3) is 0 Å². The monoisotopic (exact) mass is 234 g/mol. The molecule has 90 valence electrons. The number of Topliss-reactive ketones (excluding diaryl/α,β-unsaturated/α-hetero) is 1. The Kier molecular flexibility index (Phi) is 2.93. The molecule has 2 aliphatic heterocycles. The number of carbonyl (C=O) groups is 1. The van der Waals surface area contributed by atoms with Crippen molar-refractivity contribution in [3.63, 3.8) is 0 Å². The highest BCUT2D eigenvalue weighted by Gasteiger charge is 2.40. The first-order valence-corrected chi connectivity index (χ1v) is 5.81. The highest BCUT2D eigenvalue weighted by atomic mass is 16.7. The van der Waals surface area contributed by atoms with Crippen LogP contribution in [0.15, 0.2) is 30.3 Å². The largest absolute Gasteiger partial charge is 0.372 e. The predicted molar refractivity (Wildman–Crippen MR) is 59.4 cm³/mol. The van der Waals surface area contributed by atoms with Crippen LogP contribution < -0.4 is 0 Å². The molecule has 2 saturated heterocycles. The smallest absolute Gasteiger partial charge is 0.184 e. The minimum absolute atomic E-state index is 0.116. The molecule has 0 aliphatic carbocycles. The van der Waals surface area contributed by atoms with E-state index in [0.717, 1.165) is 5.56 Å². The van der Waals surface area contributed by atoms with Crippen LogP contribution in [-0.4, -0.2) is 31.2 Å². The molecule has 0 bridgehead atoms. The maximum atomic E-state index is 11.7. The van der Waals surface area contributed by atoms with Crippen LogP contribution in [0, 0.1) is 0 Å². The number of carbonyl (C=O) groups excluding carboxylic acids is 1. The Bertz CT molecular complexity index is 403. The summed E-state index contributed by atoms with van der Waals surface area (Å²) >= 11 is 0. The van der Waals surface area contributed by atoms with Gasteiger partial charge in [0.15, 0.2) is 12.1 Å². The van der Waals surface area contributed by atoms with E-state index in [2.05, 4.69) is 0 Å². The molecule has 2 aliphatic rings. The van der Waals surface area contributed by atoms with Crippen molar-refractivity contribution in [2.24, 2.45) is 0 Å². The minimum atomic E-state index is -0.470. The summed E-state index contributed by atoms with van der Waals surface area (Å²) in [6.07, 6.45) is -0.732. The van der Waals surface area contributed by atoms with Crippen molar-refractivity contribution in [3.8, 4) is 0 Å². The summed E-state index contributed by atoms with van der Waals surface area (Å²) in [4.78, 5) is 11.7. The lowest BCUT2D eigenvalue weighted by Crippen LogP contribution is -2.50. The predicted octanol–water partition coefficient (Wildman–Crippen LogP) is 1.46. The van der Waals surface area contributed by atoms with Crippen LogP contribution in [0.2, 0.25) is 0 Å². The Morgan fingerprint density at radius 2 is 1.94 bits per heavy atom. The molecular weight excluding hydrogens is 220 g/mol. The normalized spacial score (nSPS) is 33.2. The number of rotatable bonds is 1. The molecule has 1 aromatic rings. The molecule has 0 unspecified atom stereocenters. The summed E-state index contributed by atoms with van der Waals surface area (Å²) in [5, 5.41) is 0. The first kappa shape index (κ1) is 10.9. The van der Waals surface area contributed by atoms with Crippen molar-refractivity contribution in [3.05, 3.63) is 35.9 Å². The maximum absolute atomic E-state index is 11.7. The molecule has 0 radical (unpaired) electrons. The van der Waals surface area contributed by atoms with Crippen LogP contribution in [0.1, 0.15) is 18.3 Å². The molecular formula is C13H14O4. The summed E-state index contributed by atoms with van der Waals surface area (Å²) in [6, 6.07) is 9.64. The van der Waals surface area contributed by atoms with Crippen LogP contribution in [0.3, 0.4) is 0 Å². The second-order valence-electron chi connectivity index (χ2n) is 4.26. The average Bonchev–Trinajstić information content (AvgIpc) is 2.40. The second-order valence-corrected chi connectivity index (χ2v) is 4.26. The van der Waals surface area contributed by atoms with Gasteiger partial charge in [-0.2, -0.15) is 0 Å². The Hall–Kier alpha value is -1.23. The van der Waals surface area contributed by atoms with E-state index >= 15 is 0 Å². The quantitative estimate of drug-likeness (QED) is 0.738. The Labute approximate surface area is 99.5 Å². The molecule has 2 heterocycles. The molecule has 0 aromatic heterocycles. The number of ketones is 1. The molecule has 3 rings (SSSR count). The molecule has 0 spiro atoms. The van der Waals surface area contributed by atoms with Crippen LogP contribution >= 0.6 is 0 Å². The molecule has 0 N–H and O–H groups in total. The summed E-state index contributed by atoms with van der Waals surface area (Å²) < 4.78 is 16.7. The fourth-order valence-electron chi connectivity index (χ4n) is 2.19. The summed E-state index contributed by atoms with van der Waals surface area (Å²) in [5.74, 6) is 0.116. The van der Waals surface area contributed by atoms with Gasteiger partial charge in [0.1, 0.15) is 12.2 Å². The van der Waals surface area contributed by atoms with Crippen molar-refractivity contribution >= 4 is 5.78 Å². The van der Waals surface area contributed by atoms with Crippen LogP contribution in [-0.2, 0) is 19.0 Å². The van der Waals surface area contributed by atoms with Gasteiger partial charge >= 0.3 is 0 Å². The Morgan fingerprint density at radius 1 is 1.12 bits per heavy atom. The lowest BCUT2D eigenvalue weighted by Gasteiger charge is -2.38. The maximum Gasteiger partial charge on any atom is 0.184 e. The van der Waals surface area contributed by atoms with E-state index in [9.17, 15) is 4.79 Å². The number of hydrogen-bond acceptors (Lipinski definition) is 4. The molecule has 17 heavy (non-hydrogen) atoms. The van der Waals surface area contributed by atoms with Gasteiger partial charge in [0.05, 0.1) is 13.2 Å². The van der Waals surface area contributed by atoms with E-state index in [1.54, 1.807) is 0 Å². The third kappa shape index (κ3) is 2.11. The topological polar surface area (TPSA) is 44.8 Å². The lowest BCUT2D eigenvalue weighted by molar-refractivity contribution is -0.266. The number of ether oxygens (including phenoxy) is 3. The average molecular weight is 234 g/mol. The van der Waals surface area contributed by atoms with E-state index in [1.165, 1.54) is 0 Å². The van der Waals surface area contributed by atoms with Gasteiger partial charge < -0.3 is 14.2 Å². The fourth-order valence-corrected chi connectivity index (χ4v) is 2.19. The van der Waals surface area contributed by atoms with Crippen molar-refractivity contribution < 1.29 is 19.0 Å². The SMILES string of the molecule is O=C1CCO[C@@H]2CO[C@@H](c3ccccc3)O[C@@H]12. The highest BCUT2D eigenvalue weighted by molar-refractivity contribution is 5.84. The summed E-state index contributed by atoms with van der Waals surface area (Å²) in [6.45, 7) is 0.888. The zero-order valence-corrected chi connectivity index (χ0v) is 9.37. The standard InChI is InChI=1S/C13H14O4/c14-10-6-7-15-11-8-16-13(17-12(10)11)9-4-2-1-3-5-9/h1-5,11-13H,6-8H2/t11-,12+,13-/m1/s1. The van der Waals surface area contributed by atoms with E-state index in [1.807, 2.05) is 30.3 Å². The van der Waals surface area contributed by atoms with E-state index in [4.69, 9.17) is 14.2 Å². The number of fused-ring (bicyclic) bond motifs is 1. The number of hydrogen-bond donors (Lipinski definition) is 0. The van der Waals surface area contributed by atoms with Gasteiger partial charge in [0, 0.05) is 12.0 Å². The molecule has 2 fully saturated rings. The fraction of sp³-hybridized carbons (Fsp3) is 0.462. The summed E-state index contributed by atoms with van der Waals surface area (Å²) in [5.41, 5.74) is 0.935. The van der Waals surface area contributed by atoms with Crippen molar-refractivity contribution in [2.75, 3.05) is 13.2 Å². The van der Waals surface area contributed by atoms with Gasteiger partial charge in [-0.1, -0.05) is 30.3 Å². The minimum Gasteiger partial charge on any atom is -0.372 e. The zero-order valence-electron chi connectivity index (χ0n) is 9.37. The lowest BCUT2D eigenvalue weighted by atomic mass is 10.0. The summed E-state index contributed by atoms with van der Waals surface area (Å²) in [7, 11) is 0. The molecule has 0 amide bonds. The van der Waals surface area contributed by atoms with Crippen LogP contribution in [0.4, 0.5) is 0 Å². The van der Waals surface area contributed by atoms with Gasteiger partial charge in [-0.05, 0) is 0 Å². The third-order valence-electron chi connectivity index (χ3n) is 3.09. The van der Waals surface area contributed by atoms with Gasteiger partial charge in [-0.15, -0.1) is 0 Å². The van der Waals surface area contributed by atoms with Gasteiger partial charge in [-0.3, -0.25) is 4.79 Å². The van der Waals surface area contributed by atoms with Crippen molar-refractivity contribution in [2.45, 2.75) is 24.9 Å². The highest BCUT2D eigenvalue weighted by Crippen LogP contribution is 2.30. The zero-order chi connectivity index (χ0) is 11.7. The van der Waals surface area contributed by atoms with E-state index in [0.29, 0.717) is 19.6 Å². The third-order valence-corrected chi connectivity index (χ3v) is 3.09. The molecule has 0 saturated carbocycles. The van der Waals surface area contributed by atoms with Gasteiger partial charge in [-0.25, -0.2) is 0 Å². The molecule has 1 aromatic carbocycles. The molecule has 4 nitrogen and oxygen atoms in total. The Balaban J connectivity index is 1.76. The van der Waals surface area contributed by atoms with Crippen molar-refractivity contribution in [1.29, 1.82) is 0 Å². The Morgan fingerprint density at radius 3 is 2.76 bits per heavy atom. The van der Waals surface area contributed by atoms with Gasteiger partial charge in [0.25, 0.3) is 0 Å². The molecule has 4 heteroatoms. The van der Waals surface area contributed by atoms with E-state index in [-0.39, 0.29) is 11.9 Å².